The zero-order chi connectivity index (χ0) is 14.7. The average molecular weight is 277 g/mol. The Balaban J connectivity index is 2.53. The van der Waals surface area contributed by atoms with Gasteiger partial charge in [0.25, 0.3) is 0 Å². The Bertz CT molecular complexity index is 593. The average Bonchev–Trinajstić information content (AvgIpc) is 2.95. The molecule has 1 aromatic heterocycles. The van der Waals surface area contributed by atoms with E-state index in [2.05, 4.69) is 29.0 Å². The van der Waals surface area contributed by atoms with Gasteiger partial charge in [-0.1, -0.05) is 13.8 Å². The van der Waals surface area contributed by atoms with Crippen molar-refractivity contribution in [3.8, 4) is 28.6 Å². The molecule has 1 aromatic carbocycles. The summed E-state index contributed by atoms with van der Waals surface area (Å²) in [7, 11) is 4.77. The lowest BCUT2D eigenvalue weighted by Crippen LogP contribution is -1.96. The Morgan fingerprint density at radius 2 is 1.55 bits per heavy atom. The lowest BCUT2D eigenvalue weighted by molar-refractivity contribution is 0.349. The fraction of sp³-hybridized carbons (Fsp3) is 0.429. The maximum Gasteiger partial charge on any atom is 0.185 e. The van der Waals surface area contributed by atoms with E-state index in [1.807, 2.05) is 6.07 Å². The topological polar surface area (TPSA) is 69.3 Å². The van der Waals surface area contributed by atoms with Crippen LogP contribution in [0.4, 0.5) is 0 Å². The predicted molar refractivity (Wildman–Crippen MR) is 75.6 cm³/mol. The highest BCUT2D eigenvalue weighted by Crippen LogP contribution is 2.38. The zero-order valence-electron chi connectivity index (χ0n) is 12.4. The molecule has 0 unspecified atom stereocenters. The quantitative estimate of drug-likeness (QED) is 0.909. The Kier molecular flexibility index (Phi) is 4.12. The van der Waals surface area contributed by atoms with Gasteiger partial charge < -0.3 is 14.2 Å². The maximum absolute atomic E-state index is 5.38. The molecule has 0 saturated carbocycles. The van der Waals surface area contributed by atoms with Gasteiger partial charge in [0.2, 0.25) is 0 Å². The number of benzene rings is 1. The van der Waals surface area contributed by atoms with Gasteiger partial charge in [-0.15, -0.1) is 0 Å². The lowest BCUT2D eigenvalue weighted by atomic mass is 10.1. The molecular formula is C14H19N3O3. The standard InChI is InChI=1S/C14H19N3O3/c1-8(2)13-15-14(17-16-13)9-6-11(19-4)12(20-5)7-10(9)18-3/h6-8H,1-5H3,(H,15,16,17). The number of nitrogens with one attached hydrogen (secondary N) is 1. The Labute approximate surface area is 118 Å². The van der Waals surface area contributed by atoms with Gasteiger partial charge in [-0.25, -0.2) is 4.98 Å². The number of rotatable bonds is 5. The van der Waals surface area contributed by atoms with Crippen LogP contribution in [0, 0.1) is 0 Å². The van der Waals surface area contributed by atoms with E-state index in [1.54, 1.807) is 27.4 Å². The van der Waals surface area contributed by atoms with Crippen LogP contribution >= 0.6 is 0 Å². The van der Waals surface area contributed by atoms with Crippen LogP contribution in [-0.4, -0.2) is 36.5 Å². The van der Waals surface area contributed by atoms with Gasteiger partial charge in [0.15, 0.2) is 17.3 Å². The van der Waals surface area contributed by atoms with Crippen LogP contribution in [0.15, 0.2) is 12.1 Å². The van der Waals surface area contributed by atoms with Crippen molar-refractivity contribution in [3.63, 3.8) is 0 Å². The monoisotopic (exact) mass is 277 g/mol. The number of hydrogen-bond acceptors (Lipinski definition) is 5. The van der Waals surface area contributed by atoms with Crippen molar-refractivity contribution in [1.29, 1.82) is 0 Å². The number of H-pyrrole nitrogens is 1. The summed E-state index contributed by atoms with van der Waals surface area (Å²) < 4.78 is 15.9. The third-order valence-corrected chi connectivity index (χ3v) is 3.00. The lowest BCUT2D eigenvalue weighted by Gasteiger charge is -2.12. The molecule has 0 aliphatic rings. The second-order valence-electron chi connectivity index (χ2n) is 4.61. The SMILES string of the molecule is COc1cc(OC)c(-c2n[nH]c(C(C)C)n2)cc1OC. The normalized spacial score (nSPS) is 10.7. The van der Waals surface area contributed by atoms with Crippen LogP contribution in [0.25, 0.3) is 11.4 Å². The van der Waals surface area contributed by atoms with E-state index >= 15 is 0 Å². The number of hydrogen-bond donors (Lipinski definition) is 1. The molecule has 0 saturated heterocycles. The fourth-order valence-corrected chi connectivity index (χ4v) is 1.86. The first-order chi connectivity index (χ1) is 9.60. The molecule has 108 valence electrons. The molecule has 0 aliphatic carbocycles. The van der Waals surface area contributed by atoms with E-state index in [0.717, 1.165) is 11.4 Å². The van der Waals surface area contributed by atoms with Crippen LogP contribution < -0.4 is 14.2 Å². The van der Waals surface area contributed by atoms with E-state index in [0.29, 0.717) is 23.1 Å². The van der Waals surface area contributed by atoms with Crippen molar-refractivity contribution in [2.45, 2.75) is 19.8 Å². The molecule has 0 aliphatic heterocycles. The molecule has 0 fully saturated rings. The van der Waals surface area contributed by atoms with E-state index in [9.17, 15) is 0 Å². The van der Waals surface area contributed by atoms with Crippen LogP contribution in [-0.2, 0) is 0 Å². The third-order valence-electron chi connectivity index (χ3n) is 3.00. The molecule has 0 spiro atoms. The summed E-state index contributed by atoms with van der Waals surface area (Å²) in [4.78, 5) is 4.48. The van der Waals surface area contributed by atoms with Crippen molar-refractivity contribution in [1.82, 2.24) is 15.2 Å². The van der Waals surface area contributed by atoms with Crippen LogP contribution in [0.2, 0.25) is 0 Å². The summed E-state index contributed by atoms with van der Waals surface area (Å²) in [5.41, 5.74) is 0.758. The minimum Gasteiger partial charge on any atom is -0.496 e. The molecule has 0 radical (unpaired) electrons. The molecule has 2 aromatic rings. The summed E-state index contributed by atoms with van der Waals surface area (Å²) >= 11 is 0. The highest BCUT2D eigenvalue weighted by Gasteiger charge is 2.17. The van der Waals surface area contributed by atoms with Crippen molar-refractivity contribution in [2.24, 2.45) is 0 Å². The molecule has 0 bridgehead atoms. The molecule has 20 heavy (non-hydrogen) atoms. The number of nitrogens with zero attached hydrogens (tertiary/aromatic N) is 2. The van der Waals surface area contributed by atoms with Gasteiger partial charge in [0, 0.05) is 12.0 Å². The van der Waals surface area contributed by atoms with Gasteiger partial charge >= 0.3 is 0 Å². The molecular weight excluding hydrogens is 258 g/mol. The summed E-state index contributed by atoms with van der Waals surface area (Å²) in [5, 5.41) is 7.17. The number of ether oxygens (including phenoxy) is 3. The zero-order valence-corrected chi connectivity index (χ0v) is 12.4. The molecule has 0 amide bonds. The second kappa shape index (κ2) is 5.81. The Hall–Kier alpha value is -2.24. The number of aromatic nitrogens is 3. The third kappa shape index (κ3) is 2.54. The molecule has 6 heteroatoms. The van der Waals surface area contributed by atoms with Crippen LogP contribution in [0.3, 0.4) is 0 Å². The van der Waals surface area contributed by atoms with Gasteiger partial charge in [0.05, 0.1) is 26.9 Å². The van der Waals surface area contributed by atoms with Crippen molar-refractivity contribution in [3.05, 3.63) is 18.0 Å². The van der Waals surface area contributed by atoms with Gasteiger partial charge in [0.1, 0.15) is 11.6 Å². The second-order valence-corrected chi connectivity index (χ2v) is 4.61. The van der Waals surface area contributed by atoms with Crippen LogP contribution in [0.1, 0.15) is 25.6 Å². The van der Waals surface area contributed by atoms with E-state index < -0.39 is 0 Å². The van der Waals surface area contributed by atoms with Gasteiger partial charge in [-0.3, -0.25) is 5.10 Å². The molecule has 1 N–H and O–H groups in total. The van der Waals surface area contributed by atoms with E-state index in [-0.39, 0.29) is 5.92 Å². The highest BCUT2D eigenvalue weighted by molar-refractivity contribution is 5.69. The van der Waals surface area contributed by atoms with Crippen LogP contribution in [0.5, 0.6) is 17.2 Å². The molecule has 0 atom stereocenters. The molecule has 1 heterocycles. The first-order valence-electron chi connectivity index (χ1n) is 6.33. The Morgan fingerprint density at radius 3 is 2.05 bits per heavy atom. The number of aromatic amines is 1. The minimum atomic E-state index is 0.280. The van der Waals surface area contributed by atoms with E-state index in [1.165, 1.54) is 0 Å². The van der Waals surface area contributed by atoms with Crippen molar-refractivity contribution >= 4 is 0 Å². The largest absolute Gasteiger partial charge is 0.496 e. The van der Waals surface area contributed by atoms with Crippen molar-refractivity contribution < 1.29 is 14.2 Å². The summed E-state index contributed by atoms with van der Waals surface area (Å²) in [6.45, 7) is 4.10. The van der Waals surface area contributed by atoms with E-state index in [4.69, 9.17) is 14.2 Å². The first kappa shape index (κ1) is 14.2. The molecule has 2 rings (SSSR count). The number of methoxy groups -OCH3 is 3. The predicted octanol–water partition coefficient (Wildman–Crippen LogP) is 2.62. The van der Waals surface area contributed by atoms with Gasteiger partial charge in [-0.05, 0) is 6.07 Å². The smallest absolute Gasteiger partial charge is 0.185 e. The maximum atomic E-state index is 5.38. The minimum absolute atomic E-state index is 0.280. The van der Waals surface area contributed by atoms with Crippen molar-refractivity contribution in [2.75, 3.05) is 21.3 Å². The highest BCUT2D eigenvalue weighted by atomic mass is 16.5. The van der Waals surface area contributed by atoms with Gasteiger partial charge in [-0.2, -0.15) is 5.10 Å². The summed E-state index contributed by atoms with van der Waals surface area (Å²) in [5.74, 6) is 3.54. The fourth-order valence-electron chi connectivity index (χ4n) is 1.86. The summed E-state index contributed by atoms with van der Waals surface area (Å²) in [6.07, 6.45) is 0. The molecule has 6 nitrogen and oxygen atoms in total. The Morgan fingerprint density at radius 1 is 0.950 bits per heavy atom. The summed E-state index contributed by atoms with van der Waals surface area (Å²) in [6, 6.07) is 3.57. The first-order valence-corrected chi connectivity index (χ1v) is 6.33.